The molecule has 0 bridgehead atoms. The predicted molar refractivity (Wildman–Crippen MR) is 67.2 cm³/mol. The van der Waals surface area contributed by atoms with E-state index in [1.807, 2.05) is 0 Å². The topological polar surface area (TPSA) is 15.6 Å². The molecule has 0 saturated carbocycles. The van der Waals surface area contributed by atoms with Gasteiger partial charge in [-0.3, -0.25) is 0 Å². The van der Waals surface area contributed by atoms with Gasteiger partial charge in [-0.1, -0.05) is 24.1 Å². The van der Waals surface area contributed by atoms with Gasteiger partial charge >= 0.3 is 0 Å². The Kier molecular flexibility index (Phi) is 2.43. The molecule has 0 amide bonds. The molecule has 1 aromatic carbocycles. The Morgan fingerprint density at radius 1 is 1.19 bits per heavy atom. The van der Waals surface area contributed by atoms with E-state index in [-0.39, 0.29) is 0 Å². The Morgan fingerprint density at radius 2 is 2.12 bits per heavy atom. The Hall–Kier alpha value is -1.31. The summed E-state index contributed by atoms with van der Waals surface area (Å²) < 4.78 is 0. The van der Waals surface area contributed by atoms with Crippen LogP contribution in [0.4, 0.5) is 5.69 Å². The molecule has 84 valence electrons. The summed E-state index contributed by atoms with van der Waals surface area (Å²) in [4.78, 5) is 7.28. The molecule has 1 aromatic rings. The molecule has 3 rings (SSSR count). The van der Waals surface area contributed by atoms with E-state index in [0.29, 0.717) is 0 Å². The van der Waals surface area contributed by atoms with Crippen LogP contribution in [0.25, 0.3) is 0 Å². The van der Waals surface area contributed by atoms with Crippen LogP contribution in [0, 0.1) is 6.92 Å². The summed E-state index contributed by atoms with van der Waals surface area (Å²) in [6.07, 6.45) is 5.13. The van der Waals surface area contributed by atoms with Gasteiger partial charge in [-0.25, -0.2) is 4.99 Å². The Labute approximate surface area is 97.0 Å². The summed E-state index contributed by atoms with van der Waals surface area (Å²) in [5.41, 5.74) is 3.93. The highest BCUT2D eigenvalue weighted by Crippen LogP contribution is 2.29. The third kappa shape index (κ3) is 1.73. The van der Waals surface area contributed by atoms with Crippen molar-refractivity contribution in [2.24, 2.45) is 4.99 Å². The molecule has 1 saturated heterocycles. The lowest BCUT2D eigenvalue weighted by atomic mass is 10.1. The predicted octanol–water partition coefficient (Wildman–Crippen LogP) is 3.41. The van der Waals surface area contributed by atoms with Crippen molar-refractivity contribution in [1.29, 1.82) is 0 Å². The molecule has 2 nitrogen and oxygen atoms in total. The van der Waals surface area contributed by atoms with Crippen LogP contribution in [0.3, 0.4) is 0 Å². The van der Waals surface area contributed by atoms with E-state index < -0.39 is 0 Å². The second-order valence-electron chi connectivity index (χ2n) is 4.89. The normalized spacial score (nSPS) is 19.6. The van der Waals surface area contributed by atoms with Crippen molar-refractivity contribution in [3.63, 3.8) is 0 Å². The van der Waals surface area contributed by atoms with Crippen LogP contribution in [0.1, 0.15) is 36.8 Å². The van der Waals surface area contributed by atoms with Crippen molar-refractivity contribution >= 4 is 11.5 Å². The molecule has 0 atom stereocenters. The van der Waals surface area contributed by atoms with Gasteiger partial charge in [-0.2, -0.15) is 0 Å². The Bertz CT molecular complexity index is 434. The van der Waals surface area contributed by atoms with Gasteiger partial charge in [0.25, 0.3) is 0 Å². The zero-order valence-corrected chi connectivity index (χ0v) is 9.87. The quantitative estimate of drug-likeness (QED) is 0.646. The van der Waals surface area contributed by atoms with Gasteiger partial charge in [0.15, 0.2) is 0 Å². The van der Waals surface area contributed by atoms with Gasteiger partial charge in [0.05, 0.1) is 5.69 Å². The van der Waals surface area contributed by atoms with E-state index in [2.05, 4.69) is 30.0 Å². The van der Waals surface area contributed by atoms with Crippen molar-refractivity contribution in [2.45, 2.75) is 39.2 Å². The summed E-state index contributed by atoms with van der Waals surface area (Å²) in [6.45, 7) is 4.41. The largest absolute Gasteiger partial charge is 0.356 e. The number of aryl methyl sites for hydroxylation is 1. The standard InChI is InChI=1S/C14H18N2/c1-11-6-7-13-12(9-11)10-16-8-4-2-3-5-14(16)15-13/h6-7,9H,2-5,8,10H2,1H3. The van der Waals surface area contributed by atoms with Crippen molar-refractivity contribution in [1.82, 2.24) is 4.90 Å². The number of hydrogen-bond donors (Lipinski definition) is 0. The van der Waals surface area contributed by atoms with Crippen molar-refractivity contribution in [3.05, 3.63) is 29.3 Å². The molecule has 1 fully saturated rings. The highest BCUT2D eigenvalue weighted by Gasteiger charge is 2.20. The third-order valence-corrected chi connectivity index (χ3v) is 3.54. The fourth-order valence-corrected chi connectivity index (χ4v) is 2.64. The van der Waals surface area contributed by atoms with Crippen LogP contribution < -0.4 is 0 Å². The van der Waals surface area contributed by atoms with Crippen LogP contribution in [-0.2, 0) is 6.54 Å². The van der Waals surface area contributed by atoms with Crippen LogP contribution in [-0.4, -0.2) is 17.3 Å². The van der Waals surface area contributed by atoms with Crippen LogP contribution >= 0.6 is 0 Å². The van der Waals surface area contributed by atoms with Gasteiger partial charge in [-0.15, -0.1) is 0 Å². The zero-order valence-electron chi connectivity index (χ0n) is 9.87. The molecular weight excluding hydrogens is 196 g/mol. The molecule has 2 heterocycles. The monoisotopic (exact) mass is 214 g/mol. The smallest absolute Gasteiger partial charge is 0.105 e. The van der Waals surface area contributed by atoms with Crippen LogP contribution in [0.2, 0.25) is 0 Å². The molecule has 0 N–H and O–H groups in total. The first kappa shape index (κ1) is 9.88. The van der Waals surface area contributed by atoms with E-state index >= 15 is 0 Å². The summed E-state index contributed by atoms with van der Waals surface area (Å²) in [6, 6.07) is 6.61. The minimum absolute atomic E-state index is 1.07. The highest BCUT2D eigenvalue weighted by molar-refractivity contribution is 5.87. The average molecular weight is 214 g/mol. The number of aliphatic imine (C=N–C) groups is 1. The van der Waals surface area contributed by atoms with Crippen molar-refractivity contribution < 1.29 is 0 Å². The first-order chi connectivity index (χ1) is 7.83. The second-order valence-corrected chi connectivity index (χ2v) is 4.89. The summed E-state index contributed by atoms with van der Waals surface area (Å²) >= 11 is 0. The lowest BCUT2D eigenvalue weighted by molar-refractivity contribution is 0.403. The zero-order chi connectivity index (χ0) is 11.0. The Balaban J connectivity index is 1.99. The van der Waals surface area contributed by atoms with Crippen molar-refractivity contribution in [2.75, 3.05) is 6.54 Å². The van der Waals surface area contributed by atoms with Gasteiger partial charge in [0.2, 0.25) is 0 Å². The van der Waals surface area contributed by atoms with E-state index in [9.17, 15) is 0 Å². The van der Waals surface area contributed by atoms with Gasteiger partial charge < -0.3 is 4.90 Å². The SMILES string of the molecule is Cc1ccc2c(c1)CN1CCCCCC1=N2. The molecule has 2 aliphatic heterocycles. The van der Waals surface area contributed by atoms with Crippen molar-refractivity contribution in [3.8, 4) is 0 Å². The number of nitrogens with zero attached hydrogens (tertiary/aromatic N) is 2. The minimum Gasteiger partial charge on any atom is -0.356 e. The lowest BCUT2D eigenvalue weighted by Gasteiger charge is -2.29. The van der Waals surface area contributed by atoms with Crippen LogP contribution in [0.15, 0.2) is 23.2 Å². The fourth-order valence-electron chi connectivity index (χ4n) is 2.64. The number of hydrogen-bond acceptors (Lipinski definition) is 2. The average Bonchev–Trinajstić information content (AvgIpc) is 2.50. The maximum Gasteiger partial charge on any atom is 0.105 e. The molecule has 0 unspecified atom stereocenters. The molecule has 0 aromatic heterocycles. The molecule has 16 heavy (non-hydrogen) atoms. The molecule has 0 spiro atoms. The highest BCUT2D eigenvalue weighted by atomic mass is 15.2. The molecule has 2 heteroatoms. The summed E-state index contributed by atoms with van der Waals surface area (Å²) in [5, 5.41) is 0. The molecule has 0 radical (unpaired) electrons. The number of amidine groups is 1. The number of fused-ring (bicyclic) bond motifs is 2. The van der Waals surface area contributed by atoms with Gasteiger partial charge in [0.1, 0.15) is 5.84 Å². The summed E-state index contributed by atoms with van der Waals surface area (Å²) in [5.74, 6) is 1.31. The van der Waals surface area contributed by atoms with E-state index in [1.165, 1.54) is 48.5 Å². The Morgan fingerprint density at radius 3 is 3.06 bits per heavy atom. The summed E-state index contributed by atoms with van der Waals surface area (Å²) in [7, 11) is 0. The first-order valence-electron chi connectivity index (χ1n) is 6.25. The second kappa shape index (κ2) is 3.93. The first-order valence-corrected chi connectivity index (χ1v) is 6.25. The lowest BCUT2D eigenvalue weighted by Crippen LogP contribution is -2.32. The molecule has 2 aliphatic rings. The molecule has 0 aliphatic carbocycles. The molecular formula is C14H18N2. The van der Waals surface area contributed by atoms with E-state index in [1.54, 1.807) is 0 Å². The number of benzene rings is 1. The van der Waals surface area contributed by atoms with E-state index in [4.69, 9.17) is 4.99 Å². The van der Waals surface area contributed by atoms with Crippen LogP contribution in [0.5, 0.6) is 0 Å². The fraction of sp³-hybridized carbons (Fsp3) is 0.500. The number of rotatable bonds is 0. The van der Waals surface area contributed by atoms with Gasteiger partial charge in [0, 0.05) is 19.5 Å². The minimum atomic E-state index is 1.07. The maximum atomic E-state index is 4.81. The van der Waals surface area contributed by atoms with E-state index in [0.717, 1.165) is 13.0 Å². The maximum absolute atomic E-state index is 4.81. The third-order valence-electron chi connectivity index (χ3n) is 3.54. The van der Waals surface area contributed by atoms with Gasteiger partial charge in [-0.05, 0) is 31.4 Å².